The molecule has 0 saturated carbocycles. The number of benzene rings is 3. The molecule has 0 amide bonds. The Hall–Kier alpha value is -2.71. The van der Waals surface area contributed by atoms with E-state index in [4.69, 9.17) is 0 Å². The van der Waals surface area contributed by atoms with Gasteiger partial charge in [-0.15, -0.1) is 11.3 Å². The second-order valence-corrected chi connectivity index (χ2v) is 6.78. The monoisotopic (exact) mass is 311 g/mol. The van der Waals surface area contributed by atoms with Crippen molar-refractivity contribution in [2.45, 2.75) is 0 Å². The van der Waals surface area contributed by atoms with Crippen molar-refractivity contribution in [3.05, 3.63) is 79.0 Å². The molecular formula is C21H13NS. The largest absolute Gasteiger partial charge is 0.256 e. The molecule has 0 saturated heterocycles. The van der Waals surface area contributed by atoms with Crippen molar-refractivity contribution in [2.75, 3.05) is 0 Å². The number of nitrogens with zero attached hydrogens (tertiary/aromatic N) is 1. The Bertz CT molecular complexity index is 1140. The number of fused-ring (bicyclic) bond motifs is 4. The molecule has 3 aromatic carbocycles. The molecule has 0 bridgehead atoms. The van der Waals surface area contributed by atoms with Gasteiger partial charge in [-0.1, -0.05) is 48.5 Å². The maximum absolute atomic E-state index is 4.59. The fourth-order valence-corrected chi connectivity index (χ4v) is 4.33. The van der Waals surface area contributed by atoms with Gasteiger partial charge in [-0.2, -0.15) is 0 Å². The summed E-state index contributed by atoms with van der Waals surface area (Å²) in [6.07, 6.45) is 1.87. The first kappa shape index (κ1) is 12.8. The van der Waals surface area contributed by atoms with Crippen LogP contribution in [-0.2, 0) is 0 Å². The van der Waals surface area contributed by atoms with Gasteiger partial charge in [0.2, 0.25) is 0 Å². The molecule has 0 spiro atoms. The molecule has 0 fully saturated rings. The molecule has 2 aromatic heterocycles. The third-order valence-corrected chi connectivity index (χ3v) is 5.45. The first-order chi connectivity index (χ1) is 11.4. The second-order valence-electron chi connectivity index (χ2n) is 5.69. The summed E-state index contributed by atoms with van der Waals surface area (Å²) in [4.78, 5) is 5.90. The minimum absolute atomic E-state index is 1.08. The van der Waals surface area contributed by atoms with Gasteiger partial charge in [0, 0.05) is 32.1 Å². The van der Waals surface area contributed by atoms with Crippen LogP contribution in [-0.4, -0.2) is 4.98 Å². The zero-order chi connectivity index (χ0) is 15.2. The van der Waals surface area contributed by atoms with Gasteiger partial charge in [0.25, 0.3) is 0 Å². The standard InChI is InChI=1S/C21H13NS/c1-4-10-19-14(6-1)13-20(23-19)18-12-15-7-5-11-22-21(15)17-9-3-2-8-16(17)18/h1-13H. The first-order valence-corrected chi connectivity index (χ1v) is 8.47. The van der Waals surface area contributed by atoms with Crippen molar-refractivity contribution in [3.8, 4) is 10.4 Å². The third kappa shape index (κ3) is 1.96. The zero-order valence-corrected chi connectivity index (χ0v) is 13.2. The van der Waals surface area contributed by atoms with E-state index >= 15 is 0 Å². The Morgan fingerprint density at radius 3 is 2.39 bits per heavy atom. The number of hydrogen-bond acceptors (Lipinski definition) is 2. The number of pyridine rings is 1. The van der Waals surface area contributed by atoms with E-state index in [-0.39, 0.29) is 0 Å². The summed E-state index contributed by atoms with van der Waals surface area (Å²) in [6, 6.07) is 25.8. The van der Waals surface area contributed by atoms with Crippen LogP contribution in [0, 0.1) is 0 Å². The summed E-state index contributed by atoms with van der Waals surface area (Å²) in [5.74, 6) is 0. The number of rotatable bonds is 1. The Labute approximate surface area is 137 Å². The van der Waals surface area contributed by atoms with Crippen LogP contribution in [0.4, 0.5) is 0 Å². The highest BCUT2D eigenvalue weighted by Gasteiger charge is 2.11. The molecule has 0 atom stereocenters. The van der Waals surface area contributed by atoms with Crippen LogP contribution in [0.3, 0.4) is 0 Å². The Morgan fingerprint density at radius 2 is 1.48 bits per heavy atom. The van der Waals surface area contributed by atoms with E-state index in [1.165, 1.54) is 36.7 Å². The van der Waals surface area contributed by atoms with Crippen LogP contribution < -0.4 is 0 Å². The summed E-state index contributed by atoms with van der Waals surface area (Å²) in [7, 11) is 0. The number of thiophene rings is 1. The average Bonchev–Trinajstić information content (AvgIpc) is 3.05. The van der Waals surface area contributed by atoms with Gasteiger partial charge in [-0.25, -0.2) is 0 Å². The number of aromatic nitrogens is 1. The van der Waals surface area contributed by atoms with E-state index in [0.717, 1.165) is 5.52 Å². The average molecular weight is 311 g/mol. The maximum atomic E-state index is 4.59. The molecule has 0 radical (unpaired) electrons. The van der Waals surface area contributed by atoms with Crippen molar-refractivity contribution >= 4 is 43.1 Å². The second kappa shape index (κ2) is 4.90. The van der Waals surface area contributed by atoms with Crippen molar-refractivity contribution in [1.29, 1.82) is 0 Å². The summed E-state index contributed by atoms with van der Waals surface area (Å²) in [5.41, 5.74) is 2.37. The van der Waals surface area contributed by atoms with Crippen LogP contribution in [0.2, 0.25) is 0 Å². The third-order valence-electron chi connectivity index (χ3n) is 4.30. The quantitative estimate of drug-likeness (QED) is 0.332. The number of hydrogen-bond donors (Lipinski definition) is 0. The Balaban J connectivity index is 1.92. The van der Waals surface area contributed by atoms with Gasteiger partial charge in [0.15, 0.2) is 0 Å². The highest BCUT2D eigenvalue weighted by atomic mass is 32.1. The molecule has 1 nitrogen and oxygen atoms in total. The Morgan fingerprint density at radius 1 is 0.696 bits per heavy atom. The van der Waals surface area contributed by atoms with Gasteiger partial charge >= 0.3 is 0 Å². The van der Waals surface area contributed by atoms with Crippen LogP contribution in [0.5, 0.6) is 0 Å². The summed E-state index contributed by atoms with van der Waals surface area (Å²) in [5, 5.41) is 4.99. The van der Waals surface area contributed by atoms with Gasteiger partial charge in [-0.05, 0) is 35.0 Å². The zero-order valence-electron chi connectivity index (χ0n) is 12.4. The van der Waals surface area contributed by atoms with Gasteiger partial charge < -0.3 is 0 Å². The van der Waals surface area contributed by atoms with Crippen LogP contribution in [0.1, 0.15) is 0 Å². The van der Waals surface area contributed by atoms with E-state index in [9.17, 15) is 0 Å². The lowest BCUT2D eigenvalue weighted by Gasteiger charge is -2.08. The van der Waals surface area contributed by atoms with E-state index in [1.54, 1.807) is 0 Å². The summed E-state index contributed by atoms with van der Waals surface area (Å²) in [6.45, 7) is 0. The lowest BCUT2D eigenvalue weighted by Crippen LogP contribution is -1.84. The van der Waals surface area contributed by atoms with Crippen LogP contribution >= 0.6 is 11.3 Å². The topological polar surface area (TPSA) is 12.9 Å². The molecule has 108 valence electrons. The minimum atomic E-state index is 1.08. The van der Waals surface area contributed by atoms with Crippen LogP contribution in [0.15, 0.2) is 79.0 Å². The summed E-state index contributed by atoms with van der Waals surface area (Å²) >= 11 is 1.85. The predicted octanol–water partition coefficient (Wildman–Crippen LogP) is 6.27. The van der Waals surface area contributed by atoms with Crippen molar-refractivity contribution < 1.29 is 0 Å². The van der Waals surface area contributed by atoms with E-state index in [0.29, 0.717) is 0 Å². The van der Waals surface area contributed by atoms with E-state index in [2.05, 4.69) is 71.7 Å². The molecule has 0 unspecified atom stereocenters. The van der Waals surface area contributed by atoms with Gasteiger partial charge in [0.1, 0.15) is 0 Å². The summed E-state index contributed by atoms with van der Waals surface area (Å²) < 4.78 is 1.33. The SMILES string of the molecule is c1ccc2sc(-c3cc4cccnc4c4ccccc34)cc2c1. The molecule has 0 aliphatic heterocycles. The molecule has 2 heteroatoms. The molecule has 23 heavy (non-hydrogen) atoms. The highest BCUT2D eigenvalue weighted by Crippen LogP contribution is 2.39. The molecule has 0 aliphatic carbocycles. The molecule has 5 aromatic rings. The smallest absolute Gasteiger partial charge is 0.0780 e. The maximum Gasteiger partial charge on any atom is 0.0780 e. The lowest BCUT2D eigenvalue weighted by atomic mass is 9.99. The molecular weight excluding hydrogens is 298 g/mol. The van der Waals surface area contributed by atoms with E-state index in [1.807, 2.05) is 23.6 Å². The van der Waals surface area contributed by atoms with Crippen LogP contribution in [0.25, 0.3) is 42.2 Å². The molecule has 5 rings (SSSR count). The van der Waals surface area contributed by atoms with Crippen molar-refractivity contribution in [3.63, 3.8) is 0 Å². The fraction of sp³-hybridized carbons (Fsp3) is 0. The van der Waals surface area contributed by atoms with Gasteiger partial charge in [0.05, 0.1) is 5.52 Å². The predicted molar refractivity (Wildman–Crippen MR) is 100 cm³/mol. The first-order valence-electron chi connectivity index (χ1n) is 7.65. The minimum Gasteiger partial charge on any atom is -0.256 e. The van der Waals surface area contributed by atoms with Crippen molar-refractivity contribution in [1.82, 2.24) is 4.98 Å². The lowest BCUT2D eigenvalue weighted by molar-refractivity contribution is 1.43. The molecule has 0 aliphatic rings. The highest BCUT2D eigenvalue weighted by molar-refractivity contribution is 7.22. The molecule has 2 heterocycles. The van der Waals surface area contributed by atoms with Crippen molar-refractivity contribution in [2.24, 2.45) is 0 Å². The fourth-order valence-electron chi connectivity index (χ4n) is 3.24. The van der Waals surface area contributed by atoms with Gasteiger partial charge in [-0.3, -0.25) is 4.98 Å². The molecule has 0 N–H and O–H groups in total. The Kier molecular flexibility index (Phi) is 2.73. The normalized spacial score (nSPS) is 11.5. The van der Waals surface area contributed by atoms with E-state index < -0.39 is 0 Å².